The number of hydrogen-bond donors (Lipinski definition) is 1. The molecule has 2 atom stereocenters. The van der Waals surface area contributed by atoms with Crippen molar-refractivity contribution in [2.45, 2.75) is 32.0 Å². The molecule has 16 heavy (non-hydrogen) atoms. The van der Waals surface area contributed by atoms with Gasteiger partial charge in [-0.3, -0.25) is 4.79 Å². The molecule has 1 rings (SSSR count). The van der Waals surface area contributed by atoms with Gasteiger partial charge in [0, 0.05) is 13.0 Å². The third kappa shape index (κ3) is 2.48. The van der Waals surface area contributed by atoms with Crippen LogP contribution in [-0.2, 0) is 19.1 Å². The number of carbonyl (C=O) groups is 2. The number of aliphatic hydroxyl groups is 1. The molecule has 0 fully saturated rings. The summed E-state index contributed by atoms with van der Waals surface area (Å²) in [5, 5.41) is 10.1. The molecule has 0 aromatic carbocycles. The highest BCUT2D eigenvalue weighted by atomic mass is 16.6. The van der Waals surface area contributed by atoms with E-state index in [1.807, 2.05) is 0 Å². The largest absolute Gasteiger partial charge is 0.464 e. The van der Waals surface area contributed by atoms with E-state index in [-0.39, 0.29) is 18.8 Å². The van der Waals surface area contributed by atoms with Gasteiger partial charge in [-0.05, 0) is 26.0 Å². The molecule has 0 aromatic heterocycles. The Labute approximate surface area is 94.0 Å². The van der Waals surface area contributed by atoms with Crippen molar-refractivity contribution >= 4 is 11.8 Å². The van der Waals surface area contributed by atoms with Crippen LogP contribution >= 0.6 is 0 Å². The van der Waals surface area contributed by atoms with Crippen LogP contribution in [0.25, 0.3) is 0 Å². The van der Waals surface area contributed by atoms with E-state index in [1.165, 1.54) is 6.08 Å². The van der Waals surface area contributed by atoms with Crippen molar-refractivity contribution in [3.63, 3.8) is 0 Å². The van der Waals surface area contributed by atoms with Gasteiger partial charge >= 0.3 is 5.97 Å². The maximum absolute atomic E-state index is 11.6. The van der Waals surface area contributed by atoms with Crippen LogP contribution in [0.2, 0.25) is 0 Å². The van der Waals surface area contributed by atoms with Crippen molar-refractivity contribution in [3.8, 4) is 0 Å². The fourth-order valence-corrected chi connectivity index (χ4v) is 1.57. The lowest BCUT2D eigenvalue weighted by molar-refractivity contribution is -0.175. The summed E-state index contributed by atoms with van der Waals surface area (Å²) in [6.07, 6.45) is 1.46. The van der Waals surface area contributed by atoms with Gasteiger partial charge in [-0.1, -0.05) is 0 Å². The average Bonchev–Trinajstić information content (AvgIpc) is 2.24. The maximum atomic E-state index is 11.6. The van der Waals surface area contributed by atoms with Crippen LogP contribution in [0.4, 0.5) is 0 Å². The highest BCUT2D eigenvalue weighted by molar-refractivity contribution is 5.95. The fourth-order valence-electron chi connectivity index (χ4n) is 1.57. The molecular weight excluding hydrogens is 212 g/mol. The maximum Gasteiger partial charge on any atom is 0.345 e. The van der Waals surface area contributed by atoms with Crippen molar-refractivity contribution in [2.24, 2.45) is 0 Å². The first-order valence-corrected chi connectivity index (χ1v) is 5.27. The van der Waals surface area contributed by atoms with Crippen LogP contribution in [0.5, 0.6) is 0 Å². The number of esters is 1. The normalized spacial score (nSPS) is 29.2. The highest BCUT2D eigenvalue weighted by Gasteiger charge is 2.47. The number of allylic oxidation sites excluding steroid dienone is 1. The van der Waals surface area contributed by atoms with Gasteiger partial charge in [0.05, 0.1) is 6.61 Å². The predicted molar refractivity (Wildman–Crippen MR) is 55.8 cm³/mol. The third-order valence-electron chi connectivity index (χ3n) is 2.37. The Hall–Kier alpha value is -1.20. The van der Waals surface area contributed by atoms with Crippen molar-refractivity contribution in [1.82, 2.24) is 0 Å². The molecule has 90 valence electrons. The van der Waals surface area contributed by atoms with Crippen LogP contribution in [0, 0.1) is 0 Å². The molecule has 2 unspecified atom stereocenters. The second-order valence-electron chi connectivity index (χ2n) is 3.49. The van der Waals surface area contributed by atoms with E-state index in [2.05, 4.69) is 0 Å². The molecule has 5 heteroatoms. The summed E-state index contributed by atoms with van der Waals surface area (Å²) in [5.41, 5.74) is -1.85. The van der Waals surface area contributed by atoms with Crippen LogP contribution in [0.3, 0.4) is 0 Å². The van der Waals surface area contributed by atoms with E-state index < -0.39 is 17.7 Å². The van der Waals surface area contributed by atoms with E-state index in [9.17, 15) is 14.7 Å². The lowest BCUT2D eigenvalue weighted by atomic mass is 9.87. The summed E-state index contributed by atoms with van der Waals surface area (Å²) in [5.74, 6) is -0.954. The number of carbonyl (C=O) groups excluding carboxylic acids is 2. The topological polar surface area (TPSA) is 72.8 Å². The molecule has 0 bridgehead atoms. The van der Waals surface area contributed by atoms with Crippen molar-refractivity contribution in [3.05, 3.63) is 12.2 Å². The molecule has 0 spiro atoms. The van der Waals surface area contributed by atoms with E-state index in [0.717, 1.165) is 6.08 Å². The number of ketones is 1. The Bertz CT molecular complexity index is 309. The van der Waals surface area contributed by atoms with Gasteiger partial charge < -0.3 is 14.6 Å². The second kappa shape index (κ2) is 5.23. The summed E-state index contributed by atoms with van der Waals surface area (Å²) < 4.78 is 9.98. The summed E-state index contributed by atoms with van der Waals surface area (Å²) in [6.45, 7) is 3.86. The molecule has 0 saturated carbocycles. The Morgan fingerprint density at radius 2 is 2.25 bits per heavy atom. The lowest BCUT2D eigenvalue weighted by Gasteiger charge is -2.32. The zero-order valence-electron chi connectivity index (χ0n) is 9.43. The predicted octanol–water partition coefficient (Wildman–Crippen LogP) is 0.215. The minimum atomic E-state index is -1.85. The molecule has 0 heterocycles. The van der Waals surface area contributed by atoms with Crippen LogP contribution in [0.1, 0.15) is 20.3 Å². The van der Waals surface area contributed by atoms with E-state index in [1.54, 1.807) is 13.8 Å². The van der Waals surface area contributed by atoms with Crippen LogP contribution in [-0.4, -0.2) is 41.8 Å². The van der Waals surface area contributed by atoms with Gasteiger partial charge in [0.15, 0.2) is 5.78 Å². The van der Waals surface area contributed by atoms with Gasteiger partial charge in [0.25, 0.3) is 0 Å². The minimum absolute atomic E-state index is 0.0142. The molecule has 0 aliphatic heterocycles. The molecular formula is C11H16O5. The van der Waals surface area contributed by atoms with Gasteiger partial charge in [-0.15, -0.1) is 0 Å². The minimum Gasteiger partial charge on any atom is -0.464 e. The molecule has 0 saturated heterocycles. The summed E-state index contributed by atoms with van der Waals surface area (Å²) in [6, 6.07) is 0. The average molecular weight is 228 g/mol. The summed E-state index contributed by atoms with van der Waals surface area (Å²) in [4.78, 5) is 22.8. The number of rotatable bonds is 4. The molecule has 0 amide bonds. The summed E-state index contributed by atoms with van der Waals surface area (Å²) in [7, 11) is 0. The van der Waals surface area contributed by atoms with Crippen molar-refractivity contribution in [1.29, 1.82) is 0 Å². The monoisotopic (exact) mass is 228 g/mol. The molecule has 0 aromatic rings. The van der Waals surface area contributed by atoms with Gasteiger partial charge in [0.2, 0.25) is 5.60 Å². The first kappa shape index (κ1) is 12.9. The number of ether oxygens (including phenoxy) is 2. The smallest absolute Gasteiger partial charge is 0.345 e. The molecule has 5 nitrogen and oxygen atoms in total. The van der Waals surface area contributed by atoms with Gasteiger partial charge in [-0.25, -0.2) is 4.79 Å². The molecule has 0 radical (unpaired) electrons. The summed E-state index contributed by atoms with van der Waals surface area (Å²) >= 11 is 0. The van der Waals surface area contributed by atoms with Crippen molar-refractivity contribution in [2.75, 3.05) is 13.2 Å². The fraction of sp³-hybridized carbons (Fsp3) is 0.636. The Balaban J connectivity index is 2.91. The number of hydrogen-bond acceptors (Lipinski definition) is 5. The van der Waals surface area contributed by atoms with E-state index in [0.29, 0.717) is 6.61 Å². The third-order valence-corrected chi connectivity index (χ3v) is 2.37. The standard InChI is InChI=1S/C11H16O5/c1-3-15-9-7-8(12)5-6-11(9,14)10(13)16-4-2/h5-6,9,14H,3-4,7H2,1-2H3. The first-order valence-electron chi connectivity index (χ1n) is 5.27. The highest BCUT2D eigenvalue weighted by Crippen LogP contribution is 2.25. The first-order chi connectivity index (χ1) is 7.54. The second-order valence-corrected chi connectivity index (χ2v) is 3.49. The lowest BCUT2D eigenvalue weighted by Crippen LogP contribution is -2.52. The van der Waals surface area contributed by atoms with E-state index >= 15 is 0 Å². The quantitative estimate of drug-likeness (QED) is 0.696. The molecule has 1 N–H and O–H groups in total. The molecule has 1 aliphatic rings. The van der Waals surface area contributed by atoms with Crippen LogP contribution < -0.4 is 0 Å². The van der Waals surface area contributed by atoms with Crippen LogP contribution in [0.15, 0.2) is 12.2 Å². The van der Waals surface area contributed by atoms with Gasteiger partial charge in [0.1, 0.15) is 6.10 Å². The van der Waals surface area contributed by atoms with Gasteiger partial charge in [-0.2, -0.15) is 0 Å². The zero-order valence-corrected chi connectivity index (χ0v) is 9.43. The SMILES string of the molecule is CCOC(=O)C1(O)C=CC(=O)CC1OCC. The van der Waals surface area contributed by atoms with E-state index in [4.69, 9.17) is 9.47 Å². The Morgan fingerprint density at radius 3 is 2.81 bits per heavy atom. The Morgan fingerprint density at radius 1 is 1.56 bits per heavy atom. The Kier molecular flexibility index (Phi) is 4.20. The van der Waals surface area contributed by atoms with Crippen molar-refractivity contribution < 1.29 is 24.2 Å². The molecule has 1 aliphatic carbocycles. The zero-order chi connectivity index (χ0) is 12.2.